The van der Waals surface area contributed by atoms with Gasteiger partial charge in [-0.1, -0.05) is 49.6 Å². The Hall–Kier alpha value is -4.53. The van der Waals surface area contributed by atoms with Crippen molar-refractivity contribution in [3.63, 3.8) is 0 Å². The minimum atomic E-state index is -1.09. The van der Waals surface area contributed by atoms with Crippen molar-refractivity contribution in [2.24, 2.45) is 0 Å². The van der Waals surface area contributed by atoms with Crippen molar-refractivity contribution in [2.45, 2.75) is 50.6 Å². The Balaban J connectivity index is 1.48. The molecule has 0 spiro atoms. The Morgan fingerprint density at radius 2 is 1.75 bits per heavy atom. The molecule has 1 saturated carbocycles. The maximum absolute atomic E-state index is 13.2. The summed E-state index contributed by atoms with van der Waals surface area (Å²) in [4.78, 5) is 30.0. The Kier molecular flexibility index (Phi) is 8.19. The third-order valence-corrected chi connectivity index (χ3v) is 7.38. The number of methoxy groups -OCH3 is 2. The number of carboxylic acids is 1. The van der Waals surface area contributed by atoms with E-state index in [9.17, 15) is 14.7 Å². The molecular formula is C31H34N4O5. The van der Waals surface area contributed by atoms with Gasteiger partial charge in [0.25, 0.3) is 5.91 Å². The van der Waals surface area contributed by atoms with Crippen LogP contribution in [0.5, 0.6) is 11.5 Å². The highest BCUT2D eigenvalue weighted by Gasteiger charge is 2.24. The number of amides is 1. The molecule has 0 aliphatic heterocycles. The zero-order chi connectivity index (χ0) is 28.1. The number of hydrogen-bond donors (Lipinski definition) is 3. The lowest BCUT2D eigenvalue weighted by atomic mass is 9.95. The maximum atomic E-state index is 13.2. The lowest BCUT2D eigenvalue weighted by molar-refractivity contribution is -0.139. The molecule has 9 heteroatoms. The molecule has 1 aliphatic rings. The van der Waals surface area contributed by atoms with E-state index in [1.54, 1.807) is 32.5 Å². The molecule has 0 saturated heterocycles. The first-order chi connectivity index (χ1) is 19.5. The molecule has 2 heterocycles. The summed E-state index contributed by atoms with van der Waals surface area (Å²) in [5, 5.41) is 16.1. The number of hydrogen-bond acceptors (Lipinski definition) is 6. The molecule has 40 heavy (non-hydrogen) atoms. The van der Waals surface area contributed by atoms with E-state index < -0.39 is 17.9 Å². The van der Waals surface area contributed by atoms with Crippen LogP contribution in [0.1, 0.15) is 48.0 Å². The molecular weight excluding hydrogens is 508 g/mol. The number of nitrogens with zero attached hydrogens (tertiary/aromatic N) is 2. The van der Waals surface area contributed by atoms with E-state index in [1.807, 2.05) is 52.9 Å². The number of nitrogens with one attached hydrogen (secondary N) is 2. The zero-order valence-electron chi connectivity index (χ0n) is 22.7. The Morgan fingerprint density at radius 1 is 1.00 bits per heavy atom. The fourth-order valence-electron chi connectivity index (χ4n) is 5.24. The standard InChI is InChI=1S/C31H34N4O5/c1-39-25-14-13-21(18-26(25)40-2)28-29(32-23-11-7-4-8-12-23)35-16-15-22(19-27(35)34-28)30(36)33-24(31(37)38)17-20-9-5-3-6-10-20/h3,5-6,9-10,13-16,18-19,23-24,32H,4,7-8,11-12,17H2,1-2H3,(H,33,36)(H,37,38). The number of carbonyl (C=O) groups is 2. The number of benzene rings is 2. The number of rotatable bonds is 10. The normalized spacial score (nSPS) is 14.4. The SMILES string of the molecule is COc1ccc(-c2nc3cc(C(=O)NC(Cc4ccccc4)C(=O)O)ccn3c2NC2CCCCC2)cc1OC. The van der Waals surface area contributed by atoms with Gasteiger partial charge in [0.2, 0.25) is 0 Å². The highest BCUT2D eigenvalue weighted by molar-refractivity contribution is 5.97. The quantitative estimate of drug-likeness (QED) is 0.253. The highest BCUT2D eigenvalue weighted by Crippen LogP contribution is 2.36. The first-order valence-corrected chi connectivity index (χ1v) is 13.6. The molecule has 0 radical (unpaired) electrons. The fourth-order valence-corrected chi connectivity index (χ4v) is 5.24. The van der Waals surface area contributed by atoms with Gasteiger partial charge in [-0.25, -0.2) is 9.78 Å². The van der Waals surface area contributed by atoms with E-state index in [-0.39, 0.29) is 6.42 Å². The van der Waals surface area contributed by atoms with Crippen LogP contribution in [-0.4, -0.2) is 52.7 Å². The number of carboxylic acid groups (broad SMARTS) is 1. The van der Waals surface area contributed by atoms with E-state index in [4.69, 9.17) is 14.5 Å². The van der Waals surface area contributed by atoms with Crippen LogP contribution in [0.2, 0.25) is 0 Å². The second-order valence-electron chi connectivity index (χ2n) is 10.1. The molecule has 4 aromatic rings. The van der Waals surface area contributed by atoms with E-state index >= 15 is 0 Å². The summed E-state index contributed by atoms with van der Waals surface area (Å²) < 4.78 is 12.9. The van der Waals surface area contributed by atoms with Crippen molar-refractivity contribution in [3.05, 3.63) is 78.0 Å². The summed E-state index contributed by atoms with van der Waals surface area (Å²) in [6.45, 7) is 0. The van der Waals surface area contributed by atoms with Gasteiger partial charge in [0.1, 0.15) is 23.2 Å². The van der Waals surface area contributed by atoms with Crippen LogP contribution >= 0.6 is 0 Å². The summed E-state index contributed by atoms with van der Waals surface area (Å²) in [6.07, 6.45) is 7.75. The smallest absolute Gasteiger partial charge is 0.326 e. The molecule has 1 atom stereocenters. The van der Waals surface area contributed by atoms with Gasteiger partial charge in [-0.3, -0.25) is 9.20 Å². The molecule has 1 fully saturated rings. The molecule has 5 rings (SSSR count). The van der Waals surface area contributed by atoms with Crippen LogP contribution in [0, 0.1) is 0 Å². The second-order valence-corrected chi connectivity index (χ2v) is 10.1. The molecule has 3 N–H and O–H groups in total. The van der Waals surface area contributed by atoms with E-state index in [1.165, 1.54) is 19.3 Å². The van der Waals surface area contributed by atoms with Gasteiger partial charge in [0, 0.05) is 29.8 Å². The van der Waals surface area contributed by atoms with Crippen molar-refractivity contribution in [1.82, 2.24) is 14.7 Å². The van der Waals surface area contributed by atoms with Crippen LogP contribution in [0.3, 0.4) is 0 Å². The number of anilines is 1. The van der Waals surface area contributed by atoms with Crippen LogP contribution in [0.4, 0.5) is 5.82 Å². The first-order valence-electron chi connectivity index (χ1n) is 13.6. The number of ether oxygens (including phenoxy) is 2. The largest absolute Gasteiger partial charge is 0.493 e. The average Bonchev–Trinajstić information content (AvgIpc) is 3.34. The number of fused-ring (bicyclic) bond motifs is 1. The number of imidazole rings is 1. The molecule has 1 aliphatic carbocycles. The van der Waals surface area contributed by atoms with Gasteiger partial charge >= 0.3 is 5.97 Å². The number of aromatic nitrogens is 2. The molecule has 0 bridgehead atoms. The predicted molar refractivity (Wildman–Crippen MR) is 153 cm³/mol. The van der Waals surface area contributed by atoms with Gasteiger partial charge < -0.3 is 25.2 Å². The Labute approximate surface area is 233 Å². The van der Waals surface area contributed by atoms with Crippen molar-refractivity contribution in [1.29, 1.82) is 0 Å². The third kappa shape index (κ3) is 5.88. The van der Waals surface area contributed by atoms with Crippen LogP contribution in [0.25, 0.3) is 16.9 Å². The Morgan fingerprint density at radius 3 is 2.45 bits per heavy atom. The molecule has 2 aromatic heterocycles. The van der Waals surface area contributed by atoms with Crippen molar-refractivity contribution < 1.29 is 24.2 Å². The monoisotopic (exact) mass is 542 g/mol. The fraction of sp³-hybridized carbons (Fsp3) is 0.323. The summed E-state index contributed by atoms with van der Waals surface area (Å²) >= 11 is 0. The summed E-state index contributed by atoms with van der Waals surface area (Å²) in [5.74, 6) is 0.503. The predicted octanol–water partition coefficient (Wildman–Crippen LogP) is 5.19. The molecule has 9 nitrogen and oxygen atoms in total. The van der Waals surface area contributed by atoms with Gasteiger partial charge in [-0.15, -0.1) is 0 Å². The Bertz CT molecular complexity index is 1490. The molecule has 1 unspecified atom stereocenters. The summed E-state index contributed by atoms with van der Waals surface area (Å²) in [7, 11) is 3.19. The van der Waals surface area contributed by atoms with Gasteiger partial charge in [-0.2, -0.15) is 0 Å². The molecule has 208 valence electrons. The van der Waals surface area contributed by atoms with E-state index in [2.05, 4.69) is 10.6 Å². The molecule has 1 amide bonds. The van der Waals surface area contributed by atoms with Gasteiger partial charge in [0.05, 0.1) is 14.2 Å². The van der Waals surface area contributed by atoms with Crippen LogP contribution in [0.15, 0.2) is 66.9 Å². The first kappa shape index (κ1) is 27.1. The second kappa shape index (κ2) is 12.1. The van der Waals surface area contributed by atoms with E-state index in [0.717, 1.165) is 35.5 Å². The zero-order valence-corrected chi connectivity index (χ0v) is 22.7. The molecule has 2 aromatic carbocycles. The average molecular weight is 543 g/mol. The van der Waals surface area contributed by atoms with E-state index in [0.29, 0.717) is 28.8 Å². The third-order valence-electron chi connectivity index (χ3n) is 7.38. The van der Waals surface area contributed by atoms with Crippen molar-refractivity contribution in [2.75, 3.05) is 19.5 Å². The number of carbonyl (C=O) groups excluding carboxylic acids is 1. The van der Waals surface area contributed by atoms with Crippen molar-refractivity contribution in [3.8, 4) is 22.8 Å². The summed E-state index contributed by atoms with van der Waals surface area (Å²) in [6, 6.07) is 17.6. The highest BCUT2D eigenvalue weighted by atomic mass is 16.5. The minimum Gasteiger partial charge on any atom is -0.493 e. The summed E-state index contributed by atoms with van der Waals surface area (Å²) in [5.41, 5.74) is 3.32. The topological polar surface area (TPSA) is 114 Å². The minimum absolute atomic E-state index is 0.187. The lowest BCUT2D eigenvalue weighted by Gasteiger charge is -2.24. The van der Waals surface area contributed by atoms with Crippen LogP contribution < -0.4 is 20.1 Å². The number of aliphatic carboxylic acids is 1. The lowest BCUT2D eigenvalue weighted by Crippen LogP contribution is -2.42. The maximum Gasteiger partial charge on any atom is 0.326 e. The van der Waals surface area contributed by atoms with Gasteiger partial charge in [-0.05, 0) is 48.7 Å². The van der Waals surface area contributed by atoms with Gasteiger partial charge in [0.15, 0.2) is 11.5 Å². The van der Waals surface area contributed by atoms with Crippen molar-refractivity contribution >= 4 is 23.3 Å². The van der Waals surface area contributed by atoms with Crippen LogP contribution in [-0.2, 0) is 11.2 Å². The number of pyridine rings is 1.